The van der Waals surface area contributed by atoms with Crippen molar-refractivity contribution in [3.8, 4) is 11.8 Å². The fraction of sp³-hybridized carbons (Fsp3) is 0.667. The van der Waals surface area contributed by atoms with Crippen LogP contribution < -0.4 is 0 Å². The molecule has 144 valence electrons. The Bertz CT molecular complexity index is 556. The van der Waals surface area contributed by atoms with Gasteiger partial charge in [-0.15, -0.1) is 5.92 Å². The predicted octanol–water partition coefficient (Wildman–Crippen LogP) is 3.42. The van der Waals surface area contributed by atoms with Gasteiger partial charge in [-0.3, -0.25) is 14.4 Å². The highest BCUT2D eigenvalue weighted by Gasteiger charge is 2.25. The molecule has 1 saturated heterocycles. The zero-order valence-corrected chi connectivity index (χ0v) is 16.1. The molecule has 0 bridgehead atoms. The third-order valence-corrected chi connectivity index (χ3v) is 4.43. The lowest BCUT2D eigenvalue weighted by Gasteiger charge is -2.32. The van der Waals surface area contributed by atoms with Gasteiger partial charge in [0.05, 0.1) is 19.7 Å². The van der Waals surface area contributed by atoms with E-state index in [1.54, 1.807) is 11.0 Å². The zero-order valence-electron chi connectivity index (χ0n) is 16.1. The Morgan fingerprint density at radius 1 is 1.23 bits per heavy atom. The summed E-state index contributed by atoms with van der Waals surface area (Å²) in [7, 11) is 1.37. The Labute approximate surface area is 157 Å². The molecule has 1 aliphatic heterocycles. The molecule has 0 aliphatic carbocycles. The lowest BCUT2D eigenvalue weighted by molar-refractivity contribution is -0.140. The lowest BCUT2D eigenvalue weighted by atomic mass is 10.00. The molecule has 1 amide bonds. The summed E-state index contributed by atoms with van der Waals surface area (Å²) in [5.74, 6) is 6.02. The van der Waals surface area contributed by atoms with E-state index in [9.17, 15) is 14.4 Å². The van der Waals surface area contributed by atoms with Gasteiger partial charge in [0.15, 0.2) is 5.78 Å². The molecule has 0 aromatic carbocycles. The molecule has 0 radical (unpaired) electrons. The van der Waals surface area contributed by atoms with Crippen molar-refractivity contribution in [1.29, 1.82) is 0 Å². The van der Waals surface area contributed by atoms with Gasteiger partial charge in [0.2, 0.25) is 5.91 Å². The molecule has 0 saturated carbocycles. The number of esters is 1. The monoisotopic (exact) mass is 361 g/mol. The van der Waals surface area contributed by atoms with Crippen LogP contribution in [0.5, 0.6) is 0 Å². The number of hydrogen-bond donors (Lipinski definition) is 0. The summed E-state index contributed by atoms with van der Waals surface area (Å²) in [5, 5.41) is 0. The van der Waals surface area contributed by atoms with Crippen molar-refractivity contribution in [2.45, 2.75) is 77.2 Å². The van der Waals surface area contributed by atoms with Crippen LogP contribution in [0.2, 0.25) is 0 Å². The Balaban J connectivity index is 2.48. The highest BCUT2D eigenvalue weighted by Crippen LogP contribution is 2.19. The summed E-state index contributed by atoms with van der Waals surface area (Å²) in [5.41, 5.74) is 0. The minimum atomic E-state index is -0.230. The maximum Gasteiger partial charge on any atom is 0.305 e. The normalized spacial score (nSPS) is 17.1. The number of likely N-dealkylation sites (tertiary alicyclic amines) is 1. The number of hydrogen-bond acceptors (Lipinski definition) is 4. The van der Waals surface area contributed by atoms with Crippen molar-refractivity contribution in [2.75, 3.05) is 13.7 Å². The van der Waals surface area contributed by atoms with E-state index in [0.29, 0.717) is 38.6 Å². The van der Waals surface area contributed by atoms with E-state index in [4.69, 9.17) is 0 Å². The van der Waals surface area contributed by atoms with Gasteiger partial charge >= 0.3 is 5.97 Å². The second-order valence-electron chi connectivity index (χ2n) is 6.55. The largest absolute Gasteiger partial charge is 0.469 e. The average Bonchev–Trinajstić information content (AvgIpc) is 2.64. The summed E-state index contributed by atoms with van der Waals surface area (Å²) in [6.45, 7) is 2.48. The van der Waals surface area contributed by atoms with Crippen molar-refractivity contribution in [3.63, 3.8) is 0 Å². The predicted molar refractivity (Wildman–Crippen MR) is 101 cm³/mol. The molecule has 0 aromatic rings. The molecule has 0 spiro atoms. The summed E-state index contributed by atoms with van der Waals surface area (Å²) in [4.78, 5) is 36.9. The highest BCUT2D eigenvalue weighted by atomic mass is 16.5. The fourth-order valence-corrected chi connectivity index (χ4v) is 2.86. The molecule has 1 atom stereocenters. The number of nitrogens with zero attached hydrogens (tertiary/aromatic N) is 1. The van der Waals surface area contributed by atoms with Crippen LogP contribution in [0.15, 0.2) is 12.2 Å². The van der Waals surface area contributed by atoms with E-state index in [1.807, 2.05) is 6.08 Å². The smallest absolute Gasteiger partial charge is 0.305 e. The first-order valence-corrected chi connectivity index (χ1v) is 9.61. The Morgan fingerprint density at radius 2 is 2.04 bits per heavy atom. The topological polar surface area (TPSA) is 63.7 Å². The van der Waals surface area contributed by atoms with Gasteiger partial charge < -0.3 is 9.64 Å². The van der Waals surface area contributed by atoms with E-state index in [1.165, 1.54) is 7.11 Å². The molecule has 1 fully saturated rings. The third-order valence-electron chi connectivity index (χ3n) is 4.43. The van der Waals surface area contributed by atoms with Crippen LogP contribution in [0, 0.1) is 11.8 Å². The fourth-order valence-electron chi connectivity index (χ4n) is 2.86. The standard InChI is InChI=1S/C21H31NO4/c1-3-4-7-12-19(23)16-15-18-11-10-13-20(24)22(18)17-9-6-5-8-14-21(25)26-2/h15-16,18H,3-5,7-8,10-14,17H2,1-2H3. The molecular formula is C21H31NO4. The van der Waals surface area contributed by atoms with Crippen LogP contribution in [-0.4, -0.2) is 42.3 Å². The van der Waals surface area contributed by atoms with Crippen LogP contribution in [-0.2, 0) is 19.1 Å². The van der Waals surface area contributed by atoms with E-state index in [-0.39, 0.29) is 23.7 Å². The number of ether oxygens (including phenoxy) is 1. The highest BCUT2D eigenvalue weighted by molar-refractivity contribution is 5.89. The summed E-state index contributed by atoms with van der Waals surface area (Å²) < 4.78 is 4.58. The number of carbonyl (C=O) groups is 3. The quantitative estimate of drug-likeness (QED) is 0.259. The van der Waals surface area contributed by atoms with E-state index < -0.39 is 0 Å². The Hall–Kier alpha value is -2.09. The summed E-state index contributed by atoms with van der Waals surface area (Å²) >= 11 is 0. The first kappa shape index (κ1) is 22.0. The number of piperidine rings is 1. The van der Waals surface area contributed by atoms with Gasteiger partial charge in [-0.2, -0.15) is 0 Å². The Morgan fingerprint density at radius 3 is 2.77 bits per heavy atom. The summed E-state index contributed by atoms with van der Waals surface area (Å²) in [6.07, 6.45) is 11.0. The molecule has 1 unspecified atom stereocenters. The molecule has 1 aliphatic rings. The van der Waals surface area contributed by atoms with E-state index >= 15 is 0 Å². The molecule has 26 heavy (non-hydrogen) atoms. The maximum absolute atomic E-state index is 12.2. The zero-order chi connectivity index (χ0) is 19.2. The molecule has 1 heterocycles. The minimum absolute atomic E-state index is 0.0456. The van der Waals surface area contributed by atoms with Crippen molar-refractivity contribution >= 4 is 17.7 Å². The van der Waals surface area contributed by atoms with Crippen molar-refractivity contribution in [2.24, 2.45) is 0 Å². The van der Waals surface area contributed by atoms with Gasteiger partial charge in [0, 0.05) is 25.7 Å². The van der Waals surface area contributed by atoms with E-state index in [2.05, 4.69) is 23.5 Å². The molecule has 0 N–H and O–H groups in total. The molecule has 1 rings (SSSR count). The van der Waals surface area contributed by atoms with Crippen LogP contribution in [0.25, 0.3) is 0 Å². The van der Waals surface area contributed by atoms with Gasteiger partial charge in [0.1, 0.15) is 0 Å². The van der Waals surface area contributed by atoms with Gasteiger partial charge in [0.25, 0.3) is 0 Å². The second kappa shape index (κ2) is 13.2. The number of rotatable bonds is 10. The third kappa shape index (κ3) is 8.84. The van der Waals surface area contributed by atoms with Gasteiger partial charge in [-0.25, -0.2) is 0 Å². The lowest BCUT2D eigenvalue weighted by Crippen LogP contribution is -2.42. The molecule has 5 nitrogen and oxygen atoms in total. The summed E-state index contributed by atoms with van der Waals surface area (Å²) in [6, 6.07) is -0.0456. The minimum Gasteiger partial charge on any atom is -0.469 e. The number of carbonyl (C=O) groups excluding carboxylic acids is 3. The number of ketones is 1. The van der Waals surface area contributed by atoms with Crippen molar-refractivity contribution < 1.29 is 19.1 Å². The van der Waals surface area contributed by atoms with Crippen LogP contribution in [0.3, 0.4) is 0 Å². The number of allylic oxidation sites excluding steroid dienone is 1. The van der Waals surface area contributed by atoms with Crippen LogP contribution in [0.1, 0.15) is 71.1 Å². The maximum atomic E-state index is 12.2. The average molecular weight is 361 g/mol. The molecule has 5 heteroatoms. The van der Waals surface area contributed by atoms with Gasteiger partial charge in [-0.05, 0) is 31.8 Å². The van der Waals surface area contributed by atoms with Crippen molar-refractivity contribution in [3.05, 3.63) is 12.2 Å². The van der Waals surface area contributed by atoms with Gasteiger partial charge in [-0.1, -0.05) is 31.8 Å². The SMILES string of the molecule is CCCCCC(=O)C=CC1CCCC(=O)N1CC#CCCCC(=O)OC. The molecular weight excluding hydrogens is 330 g/mol. The molecule has 0 aromatic heterocycles. The first-order valence-electron chi connectivity index (χ1n) is 9.61. The van der Waals surface area contributed by atoms with E-state index in [0.717, 1.165) is 32.1 Å². The van der Waals surface area contributed by atoms with Crippen molar-refractivity contribution in [1.82, 2.24) is 4.90 Å². The first-order chi connectivity index (χ1) is 12.6. The second-order valence-corrected chi connectivity index (χ2v) is 6.55. The Kier molecular flexibility index (Phi) is 11.1. The number of unbranched alkanes of at least 4 members (excludes halogenated alkanes) is 3. The number of methoxy groups -OCH3 is 1. The number of amides is 1. The van der Waals surface area contributed by atoms with Crippen LogP contribution in [0.4, 0.5) is 0 Å². The van der Waals surface area contributed by atoms with Crippen LogP contribution >= 0.6 is 0 Å².